The summed E-state index contributed by atoms with van der Waals surface area (Å²) in [4.78, 5) is 0. The summed E-state index contributed by atoms with van der Waals surface area (Å²) >= 11 is 0. The molecule has 0 bridgehead atoms. The Morgan fingerprint density at radius 1 is 0.656 bits per heavy atom. The molecule has 0 radical (unpaired) electrons. The van der Waals surface area contributed by atoms with Crippen LogP contribution in [0.5, 0.6) is 0 Å². The second-order valence-corrected chi connectivity index (χ2v) is 15.6. The van der Waals surface area contributed by atoms with Gasteiger partial charge in [-0.05, 0) is 127 Å². The lowest BCUT2D eigenvalue weighted by atomic mass is 9.32. The lowest BCUT2D eigenvalue weighted by Gasteiger charge is -2.73. The van der Waals surface area contributed by atoms with Crippen molar-refractivity contribution in [2.45, 2.75) is 139 Å². The number of hydrogen-bond donors (Lipinski definition) is 0. The molecule has 5 rings (SSSR count). The molecule has 0 nitrogen and oxygen atoms in total. The monoisotopic (exact) mass is 440 g/mol. The van der Waals surface area contributed by atoms with Crippen molar-refractivity contribution < 1.29 is 0 Å². The summed E-state index contributed by atoms with van der Waals surface area (Å²) in [5.41, 5.74) is 2.91. The Hall–Kier alpha value is 0. The van der Waals surface area contributed by atoms with Crippen LogP contribution in [0.2, 0.25) is 0 Å². The molecule has 184 valence electrons. The fourth-order valence-corrected chi connectivity index (χ4v) is 12.7. The molecule has 0 unspecified atom stereocenters. The summed E-state index contributed by atoms with van der Waals surface area (Å²) in [5.74, 6) is 5.88. The van der Waals surface area contributed by atoms with Crippen LogP contribution in [0.4, 0.5) is 0 Å². The number of fused-ring (bicyclic) bond motifs is 7. The van der Waals surface area contributed by atoms with Gasteiger partial charge in [0.05, 0.1) is 0 Å². The van der Waals surface area contributed by atoms with E-state index in [4.69, 9.17) is 0 Å². The van der Waals surface area contributed by atoms with E-state index in [9.17, 15) is 0 Å². The maximum absolute atomic E-state index is 2.83. The minimum Gasteiger partial charge on any atom is -0.0654 e. The lowest BCUT2D eigenvalue weighted by Crippen LogP contribution is -2.65. The van der Waals surface area contributed by atoms with Gasteiger partial charge in [-0.1, -0.05) is 74.7 Å². The molecule has 0 heterocycles. The van der Waals surface area contributed by atoms with Crippen LogP contribution in [-0.2, 0) is 0 Å². The third kappa shape index (κ3) is 2.92. The minimum absolute atomic E-state index is 0.559. The van der Waals surface area contributed by atoms with E-state index < -0.39 is 0 Å². The van der Waals surface area contributed by atoms with Crippen molar-refractivity contribution in [1.29, 1.82) is 0 Å². The largest absolute Gasteiger partial charge is 0.0654 e. The van der Waals surface area contributed by atoms with E-state index >= 15 is 0 Å². The third-order valence-corrected chi connectivity index (χ3v) is 14.2. The molecule has 0 aromatic rings. The van der Waals surface area contributed by atoms with Crippen molar-refractivity contribution >= 4 is 0 Å². The summed E-state index contributed by atoms with van der Waals surface area (Å²) < 4.78 is 0. The molecule has 5 aliphatic carbocycles. The van der Waals surface area contributed by atoms with E-state index in [0.717, 1.165) is 35.5 Å². The molecule has 32 heavy (non-hydrogen) atoms. The second-order valence-electron chi connectivity index (χ2n) is 15.6. The first-order valence-corrected chi connectivity index (χ1v) is 14.9. The predicted octanol–water partition coefficient (Wildman–Crippen LogP) is 9.91. The van der Waals surface area contributed by atoms with Crippen molar-refractivity contribution in [3.8, 4) is 0 Å². The topological polar surface area (TPSA) is 0 Å². The Morgan fingerprint density at radius 2 is 1.28 bits per heavy atom. The van der Waals surface area contributed by atoms with E-state index in [2.05, 4.69) is 55.4 Å². The Morgan fingerprint density at radius 3 is 1.94 bits per heavy atom. The average molecular weight is 441 g/mol. The smallest absolute Gasteiger partial charge is 0.0235 e. The Labute approximate surface area is 201 Å². The predicted molar refractivity (Wildman–Crippen MR) is 139 cm³/mol. The van der Waals surface area contributed by atoms with E-state index in [0.29, 0.717) is 27.1 Å². The summed E-state index contributed by atoms with van der Waals surface area (Å²) in [6.45, 7) is 21.4. The summed E-state index contributed by atoms with van der Waals surface area (Å²) in [6, 6.07) is 0. The van der Waals surface area contributed by atoms with Gasteiger partial charge in [0.2, 0.25) is 0 Å². The van der Waals surface area contributed by atoms with Crippen LogP contribution in [-0.4, -0.2) is 0 Å². The standard InChI is InChI=1S/C32H56/c1-9-11-22(2)23-14-19-29(5)24(23)15-20-31(7)26(29)12-13-27-30(6)18-10-17-28(3,4)25(30)16-21-32(27,31)8/h22-27H,9-21H2,1-8H3/t22-,23+,24-,25+,26-,27-,29+,30+,31-,32-/m1/s1. The SMILES string of the molecule is CCC[C@@H](C)[C@@H]1CC[C@@]2(C)[C@@H]1CC[C@]1(C)[C@@H]2CC[C@@H]2[C@@]3(C)CCCC(C)(C)[C@@H]3CC[C@]21C. The van der Waals surface area contributed by atoms with E-state index in [1.165, 1.54) is 77.0 Å². The molecule has 10 atom stereocenters. The zero-order valence-electron chi connectivity index (χ0n) is 23.2. The van der Waals surface area contributed by atoms with Crippen molar-refractivity contribution in [3.05, 3.63) is 0 Å². The van der Waals surface area contributed by atoms with E-state index in [1.807, 2.05) is 0 Å². The third-order valence-electron chi connectivity index (χ3n) is 14.2. The highest BCUT2D eigenvalue weighted by molar-refractivity contribution is 5.19. The van der Waals surface area contributed by atoms with Gasteiger partial charge in [-0.2, -0.15) is 0 Å². The van der Waals surface area contributed by atoms with Crippen molar-refractivity contribution in [2.24, 2.45) is 62.6 Å². The average Bonchev–Trinajstić information content (AvgIpc) is 3.05. The number of hydrogen-bond acceptors (Lipinski definition) is 0. The van der Waals surface area contributed by atoms with Gasteiger partial charge < -0.3 is 0 Å². The van der Waals surface area contributed by atoms with E-state index in [-0.39, 0.29) is 0 Å². The summed E-state index contributed by atoms with van der Waals surface area (Å²) in [6.07, 6.45) is 19.5. The van der Waals surface area contributed by atoms with Crippen LogP contribution < -0.4 is 0 Å². The lowest BCUT2D eigenvalue weighted by molar-refractivity contribution is -0.241. The molecule has 5 fully saturated rings. The molecule has 0 heteroatoms. The van der Waals surface area contributed by atoms with Crippen LogP contribution in [0.1, 0.15) is 139 Å². The highest BCUT2D eigenvalue weighted by Crippen LogP contribution is 2.78. The summed E-state index contributed by atoms with van der Waals surface area (Å²) in [5, 5.41) is 0. The van der Waals surface area contributed by atoms with Crippen LogP contribution in [0.15, 0.2) is 0 Å². The molecule has 0 amide bonds. The molecule has 5 aliphatic rings. The zero-order valence-corrected chi connectivity index (χ0v) is 23.2. The van der Waals surface area contributed by atoms with Gasteiger partial charge in [0.1, 0.15) is 0 Å². The first-order chi connectivity index (χ1) is 14.9. The van der Waals surface area contributed by atoms with E-state index in [1.54, 1.807) is 6.42 Å². The second kappa shape index (κ2) is 7.50. The minimum atomic E-state index is 0.559. The maximum atomic E-state index is 2.83. The maximum Gasteiger partial charge on any atom is -0.0235 e. The van der Waals surface area contributed by atoms with Crippen LogP contribution >= 0.6 is 0 Å². The van der Waals surface area contributed by atoms with Crippen molar-refractivity contribution in [1.82, 2.24) is 0 Å². The zero-order chi connectivity index (χ0) is 23.2. The molecule has 0 spiro atoms. The fourth-order valence-electron chi connectivity index (χ4n) is 12.7. The molecule has 0 N–H and O–H groups in total. The van der Waals surface area contributed by atoms with Crippen LogP contribution in [0.3, 0.4) is 0 Å². The first kappa shape index (κ1) is 23.7. The first-order valence-electron chi connectivity index (χ1n) is 14.9. The van der Waals surface area contributed by atoms with Crippen molar-refractivity contribution in [2.75, 3.05) is 0 Å². The highest BCUT2D eigenvalue weighted by atomic mass is 14.7. The molecule has 0 aliphatic heterocycles. The fraction of sp³-hybridized carbons (Fsp3) is 1.00. The van der Waals surface area contributed by atoms with Gasteiger partial charge in [0.25, 0.3) is 0 Å². The molecular formula is C32H56. The highest BCUT2D eigenvalue weighted by Gasteiger charge is 2.70. The van der Waals surface area contributed by atoms with Gasteiger partial charge in [-0.15, -0.1) is 0 Å². The molecule has 0 aromatic carbocycles. The van der Waals surface area contributed by atoms with Crippen LogP contribution in [0, 0.1) is 62.6 Å². The van der Waals surface area contributed by atoms with Gasteiger partial charge in [-0.25, -0.2) is 0 Å². The van der Waals surface area contributed by atoms with Gasteiger partial charge in [0.15, 0.2) is 0 Å². The van der Waals surface area contributed by atoms with Gasteiger partial charge in [-0.3, -0.25) is 0 Å². The Bertz CT molecular complexity index is 720. The molecule has 5 saturated carbocycles. The van der Waals surface area contributed by atoms with Gasteiger partial charge in [0, 0.05) is 0 Å². The molecule has 0 saturated heterocycles. The molecular weight excluding hydrogens is 384 g/mol. The Kier molecular flexibility index (Phi) is 5.56. The Balaban J connectivity index is 1.48. The quantitative estimate of drug-likeness (QED) is 0.409. The normalized spacial score (nSPS) is 55.3. The van der Waals surface area contributed by atoms with Gasteiger partial charge >= 0.3 is 0 Å². The van der Waals surface area contributed by atoms with Crippen molar-refractivity contribution in [3.63, 3.8) is 0 Å². The van der Waals surface area contributed by atoms with Crippen LogP contribution in [0.25, 0.3) is 0 Å². The number of rotatable bonds is 3. The molecule has 0 aromatic heterocycles. The summed E-state index contributed by atoms with van der Waals surface area (Å²) in [7, 11) is 0.